The molecule has 0 saturated carbocycles. The maximum atomic E-state index is 12.0. The minimum absolute atomic E-state index is 0.0129. The molecule has 0 radical (unpaired) electrons. The number of aliphatic imine (C=N–C) groups is 1. The maximum absolute atomic E-state index is 12.0. The number of nitrogens with one attached hydrogen (secondary N) is 2. The van der Waals surface area contributed by atoms with E-state index in [2.05, 4.69) is 31.0 Å². The summed E-state index contributed by atoms with van der Waals surface area (Å²) in [7, 11) is -3.48. The lowest BCUT2D eigenvalue weighted by atomic mass is 10.2. The van der Waals surface area contributed by atoms with Crippen LogP contribution in [0.2, 0.25) is 0 Å². The van der Waals surface area contributed by atoms with Crippen molar-refractivity contribution < 1.29 is 13.2 Å². The number of anilines is 1. The van der Waals surface area contributed by atoms with Crippen LogP contribution in [0, 0.1) is 0 Å². The summed E-state index contributed by atoms with van der Waals surface area (Å²) in [6.07, 6.45) is 2.84. The Labute approximate surface area is 167 Å². The average molecular weight is 450 g/mol. The van der Waals surface area contributed by atoms with Crippen molar-refractivity contribution in [3.05, 3.63) is 58.6 Å². The van der Waals surface area contributed by atoms with Crippen LogP contribution in [0.4, 0.5) is 5.69 Å². The Morgan fingerprint density at radius 1 is 1.04 bits per heavy atom. The summed E-state index contributed by atoms with van der Waals surface area (Å²) < 4.78 is 27.5. The molecule has 2 aromatic carbocycles. The lowest BCUT2D eigenvalue weighted by molar-refractivity contribution is -0.116. The Morgan fingerprint density at radius 3 is 2.56 bits per heavy atom. The van der Waals surface area contributed by atoms with Gasteiger partial charge in [0, 0.05) is 28.7 Å². The minimum atomic E-state index is -3.48. The van der Waals surface area contributed by atoms with Gasteiger partial charge in [0.1, 0.15) is 5.84 Å². The van der Waals surface area contributed by atoms with Gasteiger partial charge in [-0.2, -0.15) is 0 Å². The van der Waals surface area contributed by atoms with Crippen LogP contribution in [0.1, 0.15) is 31.2 Å². The second-order valence-electron chi connectivity index (χ2n) is 6.20. The summed E-state index contributed by atoms with van der Waals surface area (Å²) >= 11 is 3.36. The Morgan fingerprint density at radius 2 is 1.78 bits per heavy atom. The number of benzene rings is 2. The maximum Gasteiger partial charge on any atom is 0.263 e. The lowest BCUT2D eigenvalue weighted by Crippen LogP contribution is -2.22. The Hall–Kier alpha value is -2.19. The van der Waals surface area contributed by atoms with E-state index in [0.29, 0.717) is 24.4 Å². The number of unbranched alkanes of at least 4 members (excludes halogenated alkanes) is 2. The number of carbonyl (C=O) groups excluding carboxylic acids is 1. The van der Waals surface area contributed by atoms with Crippen molar-refractivity contribution in [3.8, 4) is 0 Å². The third kappa shape index (κ3) is 5.17. The zero-order chi connectivity index (χ0) is 19.3. The smallest absolute Gasteiger partial charge is 0.263 e. The summed E-state index contributed by atoms with van der Waals surface area (Å²) in [5, 5.41) is 2.86. The largest absolute Gasteiger partial charge is 0.326 e. The molecule has 1 heterocycles. The first-order valence-corrected chi connectivity index (χ1v) is 11.0. The van der Waals surface area contributed by atoms with E-state index in [0.717, 1.165) is 29.4 Å². The van der Waals surface area contributed by atoms with Crippen LogP contribution >= 0.6 is 15.9 Å². The number of halogens is 1. The van der Waals surface area contributed by atoms with Gasteiger partial charge in [-0.3, -0.25) is 14.5 Å². The first kappa shape index (κ1) is 19.6. The normalized spacial score (nSPS) is 16.0. The molecule has 6 nitrogen and oxygen atoms in total. The van der Waals surface area contributed by atoms with Crippen molar-refractivity contribution >= 4 is 43.4 Å². The molecule has 0 atom stereocenters. The van der Waals surface area contributed by atoms with Gasteiger partial charge in [-0.15, -0.1) is 0 Å². The van der Waals surface area contributed by atoms with Gasteiger partial charge in [0.15, 0.2) is 0 Å². The monoisotopic (exact) mass is 449 g/mol. The Bertz CT molecular complexity index is 956. The van der Waals surface area contributed by atoms with E-state index in [4.69, 9.17) is 0 Å². The minimum Gasteiger partial charge on any atom is -0.326 e. The van der Waals surface area contributed by atoms with Gasteiger partial charge in [-0.25, -0.2) is 8.42 Å². The fraction of sp³-hybridized carbons (Fsp3) is 0.263. The predicted octanol–water partition coefficient (Wildman–Crippen LogP) is 3.69. The SMILES string of the molecule is O=C(CCCCCN=C1NS(=O)(=O)c2ccccc21)Nc1ccc(Br)cc1. The van der Waals surface area contributed by atoms with Gasteiger partial charge in [-0.05, 0) is 49.2 Å². The Kier molecular flexibility index (Phi) is 6.28. The van der Waals surface area contributed by atoms with Crippen LogP contribution in [0.15, 0.2) is 62.9 Å². The van der Waals surface area contributed by atoms with E-state index in [1.54, 1.807) is 24.3 Å². The highest BCUT2D eigenvalue weighted by Gasteiger charge is 2.29. The van der Waals surface area contributed by atoms with E-state index in [-0.39, 0.29) is 10.8 Å². The molecule has 1 aliphatic rings. The van der Waals surface area contributed by atoms with Crippen molar-refractivity contribution in [3.63, 3.8) is 0 Å². The topological polar surface area (TPSA) is 87.6 Å². The highest BCUT2D eigenvalue weighted by Crippen LogP contribution is 2.22. The van der Waals surface area contributed by atoms with Gasteiger partial charge in [0.25, 0.3) is 10.0 Å². The summed E-state index contributed by atoms with van der Waals surface area (Å²) in [6, 6.07) is 14.3. The first-order valence-electron chi connectivity index (χ1n) is 8.68. The number of hydrogen-bond acceptors (Lipinski definition) is 4. The second kappa shape index (κ2) is 8.67. The quantitative estimate of drug-likeness (QED) is 0.631. The number of nitrogens with zero attached hydrogens (tertiary/aromatic N) is 1. The van der Waals surface area contributed by atoms with Crippen molar-refractivity contribution in [2.75, 3.05) is 11.9 Å². The molecule has 0 unspecified atom stereocenters. The molecule has 27 heavy (non-hydrogen) atoms. The number of hydrogen-bond donors (Lipinski definition) is 2. The van der Waals surface area contributed by atoms with Crippen molar-refractivity contribution in [1.29, 1.82) is 0 Å². The molecule has 2 aromatic rings. The predicted molar refractivity (Wildman–Crippen MR) is 109 cm³/mol. The van der Waals surface area contributed by atoms with E-state index in [1.807, 2.05) is 24.3 Å². The molecule has 1 amide bonds. The van der Waals surface area contributed by atoms with E-state index in [9.17, 15) is 13.2 Å². The van der Waals surface area contributed by atoms with Gasteiger partial charge in [0.2, 0.25) is 5.91 Å². The molecule has 1 aliphatic heterocycles. The first-order chi connectivity index (χ1) is 13.0. The molecule has 0 bridgehead atoms. The van der Waals surface area contributed by atoms with Crippen molar-refractivity contribution in [1.82, 2.24) is 4.72 Å². The van der Waals surface area contributed by atoms with Gasteiger partial charge in [-0.1, -0.05) is 34.5 Å². The molecule has 0 fully saturated rings. The van der Waals surface area contributed by atoms with Crippen LogP contribution in [0.5, 0.6) is 0 Å². The van der Waals surface area contributed by atoms with Crippen LogP contribution in [-0.2, 0) is 14.8 Å². The fourth-order valence-electron chi connectivity index (χ4n) is 2.77. The molecule has 0 aromatic heterocycles. The molecule has 8 heteroatoms. The summed E-state index contributed by atoms with van der Waals surface area (Å²) in [4.78, 5) is 16.6. The zero-order valence-electron chi connectivity index (χ0n) is 14.6. The lowest BCUT2D eigenvalue weighted by Gasteiger charge is -2.05. The molecule has 3 rings (SSSR count). The molecule has 2 N–H and O–H groups in total. The number of rotatable bonds is 7. The van der Waals surface area contributed by atoms with Gasteiger partial charge >= 0.3 is 0 Å². The zero-order valence-corrected chi connectivity index (χ0v) is 17.0. The number of carbonyl (C=O) groups is 1. The van der Waals surface area contributed by atoms with Crippen LogP contribution in [0.25, 0.3) is 0 Å². The third-order valence-corrected chi connectivity index (χ3v) is 6.05. The second-order valence-corrected chi connectivity index (χ2v) is 8.76. The number of fused-ring (bicyclic) bond motifs is 1. The summed E-state index contributed by atoms with van der Waals surface area (Å²) in [5.74, 6) is 0.389. The van der Waals surface area contributed by atoms with Crippen molar-refractivity contribution in [2.24, 2.45) is 4.99 Å². The van der Waals surface area contributed by atoms with Crippen molar-refractivity contribution in [2.45, 2.75) is 30.6 Å². The van der Waals surface area contributed by atoms with E-state index in [1.165, 1.54) is 0 Å². The molecule has 142 valence electrons. The summed E-state index contributed by atoms with van der Waals surface area (Å²) in [6.45, 7) is 0.514. The van der Waals surface area contributed by atoms with E-state index < -0.39 is 10.0 Å². The molecule has 0 spiro atoms. The van der Waals surface area contributed by atoms with Crippen LogP contribution in [0.3, 0.4) is 0 Å². The van der Waals surface area contributed by atoms with Gasteiger partial charge in [0.05, 0.1) is 4.90 Å². The highest BCUT2D eigenvalue weighted by atomic mass is 79.9. The molecular formula is C19H20BrN3O3S. The van der Waals surface area contributed by atoms with Crippen LogP contribution in [-0.4, -0.2) is 26.7 Å². The molecule has 0 saturated heterocycles. The highest BCUT2D eigenvalue weighted by molar-refractivity contribution is 9.10. The van der Waals surface area contributed by atoms with E-state index >= 15 is 0 Å². The summed E-state index contributed by atoms with van der Waals surface area (Å²) in [5.41, 5.74) is 1.40. The number of amides is 1. The Balaban J connectivity index is 1.40. The molecule has 0 aliphatic carbocycles. The molecular weight excluding hydrogens is 430 g/mol. The number of sulfonamides is 1. The van der Waals surface area contributed by atoms with Gasteiger partial charge < -0.3 is 5.32 Å². The van der Waals surface area contributed by atoms with Crippen LogP contribution < -0.4 is 10.0 Å². The number of amidine groups is 1. The standard InChI is InChI=1S/C19H20BrN3O3S/c20-14-9-11-15(12-10-14)22-18(24)8-2-1-5-13-21-19-16-6-3-4-7-17(16)27(25,26)23-19/h3-4,6-7,9-12H,1-2,5,8,13H2,(H,21,23)(H,22,24). The average Bonchev–Trinajstić information content (AvgIpc) is 2.91. The third-order valence-electron chi connectivity index (χ3n) is 4.12. The fourth-order valence-corrected chi connectivity index (χ4v) is 4.29.